The van der Waals surface area contributed by atoms with Gasteiger partial charge in [-0.1, -0.05) is 33.3 Å². The number of aryl methyl sites for hydroxylation is 1. The Hall–Kier alpha value is -1.31. The third kappa shape index (κ3) is 4.22. The van der Waals surface area contributed by atoms with Crippen molar-refractivity contribution >= 4 is 5.78 Å². The van der Waals surface area contributed by atoms with Crippen LogP contribution in [-0.2, 0) is 6.42 Å². The molecule has 0 radical (unpaired) electrons. The zero-order valence-electron chi connectivity index (χ0n) is 11.0. The molecule has 0 spiro atoms. The highest BCUT2D eigenvalue weighted by Crippen LogP contribution is 2.22. The van der Waals surface area contributed by atoms with Gasteiger partial charge in [-0.3, -0.25) is 4.79 Å². The predicted octanol–water partition coefficient (Wildman–Crippen LogP) is 3.96. The fourth-order valence-corrected chi connectivity index (χ4v) is 1.82. The molecule has 1 aromatic carbocycles. The molecule has 0 aliphatic rings. The number of carbonyl (C=O) groups excluding carboxylic acids is 1. The van der Waals surface area contributed by atoms with E-state index in [0.717, 1.165) is 24.8 Å². The van der Waals surface area contributed by atoms with E-state index in [1.807, 2.05) is 26.0 Å². The summed E-state index contributed by atoms with van der Waals surface area (Å²) in [5, 5.41) is 9.72. The Bertz CT molecular complexity index is 381. The van der Waals surface area contributed by atoms with Crippen LogP contribution in [0.25, 0.3) is 0 Å². The number of phenolic OH excluding ortho intramolecular Hbond substituents is 1. The number of unbranched alkanes of at least 4 members (excludes halogenated alkanes) is 1. The second kappa shape index (κ2) is 6.43. The minimum absolute atomic E-state index is 0.0378. The number of hydrogen-bond acceptors (Lipinski definition) is 2. The molecule has 0 heterocycles. The fourth-order valence-electron chi connectivity index (χ4n) is 1.82. The molecule has 0 aliphatic carbocycles. The van der Waals surface area contributed by atoms with E-state index < -0.39 is 0 Å². The Labute approximate surface area is 104 Å². The summed E-state index contributed by atoms with van der Waals surface area (Å²) in [6.45, 7) is 6.16. The van der Waals surface area contributed by atoms with Crippen molar-refractivity contribution in [3.63, 3.8) is 0 Å². The standard InChI is InChI=1S/C15H22O2/c1-4-5-6-12-7-8-14(16)13(10-12)15(17)9-11(2)3/h7-8,10-11,16H,4-6,9H2,1-3H3. The molecular formula is C15H22O2. The lowest BCUT2D eigenvalue weighted by molar-refractivity contribution is 0.0965. The van der Waals surface area contributed by atoms with Gasteiger partial charge >= 0.3 is 0 Å². The Morgan fingerprint density at radius 3 is 2.65 bits per heavy atom. The van der Waals surface area contributed by atoms with E-state index in [4.69, 9.17) is 0 Å². The maximum Gasteiger partial charge on any atom is 0.166 e. The topological polar surface area (TPSA) is 37.3 Å². The highest BCUT2D eigenvalue weighted by molar-refractivity contribution is 5.98. The van der Waals surface area contributed by atoms with Crippen LogP contribution in [0.5, 0.6) is 5.75 Å². The Morgan fingerprint density at radius 2 is 2.06 bits per heavy atom. The third-order valence-electron chi connectivity index (χ3n) is 2.77. The molecule has 0 aliphatic heterocycles. The quantitative estimate of drug-likeness (QED) is 0.756. The summed E-state index contributed by atoms with van der Waals surface area (Å²) < 4.78 is 0. The average Bonchev–Trinajstić information content (AvgIpc) is 2.27. The van der Waals surface area contributed by atoms with Crippen LogP contribution < -0.4 is 0 Å². The van der Waals surface area contributed by atoms with Crippen LogP contribution >= 0.6 is 0 Å². The van der Waals surface area contributed by atoms with Crippen LogP contribution in [0.15, 0.2) is 18.2 Å². The van der Waals surface area contributed by atoms with Crippen LogP contribution in [0.3, 0.4) is 0 Å². The van der Waals surface area contributed by atoms with Crippen molar-refractivity contribution in [3.8, 4) is 5.75 Å². The van der Waals surface area contributed by atoms with Crippen molar-refractivity contribution in [2.24, 2.45) is 5.92 Å². The number of benzene rings is 1. The molecule has 1 rings (SSSR count). The molecule has 1 N–H and O–H groups in total. The van der Waals surface area contributed by atoms with E-state index in [2.05, 4.69) is 6.92 Å². The summed E-state index contributed by atoms with van der Waals surface area (Å²) in [4.78, 5) is 11.9. The summed E-state index contributed by atoms with van der Waals surface area (Å²) in [6, 6.07) is 5.38. The lowest BCUT2D eigenvalue weighted by Crippen LogP contribution is -2.04. The van der Waals surface area contributed by atoms with E-state index in [1.165, 1.54) is 0 Å². The van der Waals surface area contributed by atoms with Gasteiger partial charge in [-0.25, -0.2) is 0 Å². The number of aromatic hydroxyl groups is 1. The Morgan fingerprint density at radius 1 is 1.35 bits per heavy atom. The molecule has 1 aromatic rings. The molecule has 0 amide bonds. The third-order valence-corrected chi connectivity index (χ3v) is 2.77. The molecule has 0 saturated carbocycles. The summed E-state index contributed by atoms with van der Waals surface area (Å²) in [5.74, 6) is 0.466. The lowest BCUT2D eigenvalue weighted by Gasteiger charge is -2.08. The average molecular weight is 234 g/mol. The highest BCUT2D eigenvalue weighted by atomic mass is 16.3. The maximum absolute atomic E-state index is 11.9. The second-order valence-corrected chi connectivity index (χ2v) is 4.98. The van der Waals surface area contributed by atoms with E-state index >= 15 is 0 Å². The van der Waals surface area contributed by atoms with E-state index in [1.54, 1.807) is 6.07 Å². The van der Waals surface area contributed by atoms with Crippen LogP contribution in [0.1, 0.15) is 56.0 Å². The predicted molar refractivity (Wildman–Crippen MR) is 70.5 cm³/mol. The van der Waals surface area contributed by atoms with Gasteiger partial charge in [-0.15, -0.1) is 0 Å². The Balaban J connectivity index is 2.86. The van der Waals surface area contributed by atoms with Gasteiger partial charge in [0.05, 0.1) is 5.56 Å². The zero-order valence-corrected chi connectivity index (χ0v) is 11.0. The number of hydrogen-bond donors (Lipinski definition) is 1. The number of carbonyl (C=O) groups is 1. The van der Waals surface area contributed by atoms with Crippen molar-refractivity contribution in [1.29, 1.82) is 0 Å². The second-order valence-electron chi connectivity index (χ2n) is 4.98. The maximum atomic E-state index is 11.9. The highest BCUT2D eigenvalue weighted by Gasteiger charge is 2.13. The number of phenols is 1. The van der Waals surface area contributed by atoms with Gasteiger partial charge in [0.15, 0.2) is 5.78 Å². The molecule has 2 nitrogen and oxygen atoms in total. The van der Waals surface area contributed by atoms with Gasteiger partial charge in [0, 0.05) is 6.42 Å². The fraction of sp³-hybridized carbons (Fsp3) is 0.533. The molecule has 2 heteroatoms. The van der Waals surface area contributed by atoms with Crippen molar-refractivity contribution in [2.75, 3.05) is 0 Å². The van der Waals surface area contributed by atoms with Gasteiger partial charge in [-0.05, 0) is 36.5 Å². The first-order valence-electron chi connectivity index (χ1n) is 6.39. The first kappa shape index (κ1) is 13.8. The largest absolute Gasteiger partial charge is 0.507 e. The minimum Gasteiger partial charge on any atom is -0.507 e. The van der Waals surface area contributed by atoms with E-state index in [-0.39, 0.29) is 11.5 Å². The van der Waals surface area contributed by atoms with E-state index in [0.29, 0.717) is 17.9 Å². The first-order valence-corrected chi connectivity index (χ1v) is 6.39. The Kier molecular flexibility index (Phi) is 5.20. The molecule has 0 bridgehead atoms. The van der Waals surface area contributed by atoms with Crippen LogP contribution in [0.2, 0.25) is 0 Å². The van der Waals surface area contributed by atoms with Gasteiger partial charge in [0.2, 0.25) is 0 Å². The minimum atomic E-state index is 0.0378. The molecule has 94 valence electrons. The van der Waals surface area contributed by atoms with Crippen molar-refractivity contribution in [2.45, 2.75) is 46.5 Å². The van der Waals surface area contributed by atoms with Crippen LogP contribution in [-0.4, -0.2) is 10.9 Å². The van der Waals surface area contributed by atoms with Crippen molar-refractivity contribution < 1.29 is 9.90 Å². The summed E-state index contributed by atoms with van der Waals surface area (Å²) in [7, 11) is 0. The zero-order chi connectivity index (χ0) is 12.8. The normalized spacial score (nSPS) is 10.8. The smallest absolute Gasteiger partial charge is 0.166 e. The molecule has 0 aromatic heterocycles. The van der Waals surface area contributed by atoms with Gasteiger partial charge in [0.25, 0.3) is 0 Å². The van der Waals surface area contributed by atoms with Gasteiger partial charge < -0.3 is 5.11 Å². The SMILES string of the molecule is CCCCc1ccc(O)c(C(=O)CC(C)C)c1. The number of Topliss-reactive ketones (excluding diaryl/α,β-unsaturated/α-hetero) is 1. The van der Waals surface area contributed by atoms with Crippen LogP contribution in [0, 0.1) is 5.92 Å². The molecule has 17 heavy (non-hydrogen) atoms. The monoisotopic (exact) mass is 234 g/mol. The molecular weight excluding hydrogens is 212 g/mol. The molecule has 0 fully saturated rings. The van der Waals surface area contributed by atoms with Crippen molar-refractivity contribution in [1.82, 2.24) is 0 Å². The first-order chi connectivity index (χ1) is 8.04. The molecule has 0 unspecified atom stereocenters. The molecule has 0 atom stereocenters. The van der Waals surface area contributed by atoms with Crippen LogP contribution in [0.4, 0.5) is 0 Å². The summed E-state index contributed by atoms with van der Waals surface area (Å²) in [6.07, 6.45) is 3.71. The van der Waals surface area contributed by atoms with Gasteiger partial charge in [-0.2, -0.15) is 0 Å². The summed E-state index contributed by atoms with van der Waals surface area (Å²) in [5.41, 5.74) is 1.61. The summed E-state index contributed by atoms with van der Waals surface area (Å²) >= 11 is 0. The van der Waals surface area contributed by atoms with Gasteiger partial charge in [0.1, 0.15) is 5.75 Å². The van der Waals surface area contributed by atoms with Crippen molar-refractivity contribution in [3.05, 3.63) is 29.3 Å². The number of rotatable bonds is 6. The lowest BCUT2D eigenvalue weighted by atomic mass is 9.97. The van der Waals surface area contributed by atoms with E-state index in [9.17, 15) is 9.90 Å². The molecule has 0 saturated heterocycles. The number of ketones is 1.